The van der Waals surface area contributed by atoms with Gasteiger partial charge in [-0.25, -0.2) is 4.79 Å². The first kappa shape index (κ1) is 13.3. The minimum absolute atomic E-state index is 0.0637. The van der Waals surface area contributed by atoms with Gasteiger partial charge < -0.3 is 15.0 Å². The number of amides is 1. The van der Waals surface area contributed by atoms with Gasteiger partial charge in [-0.2, -0.15) is 0 Å². The second-order valence-corrected chi connectivity index (χ2v) is 6.00. The second kappa shape index (κ2) is 4.62. The van der Waals surface area contributed by atoms with Crippen LogP contribution in [0.2, 0.25) is 0 Å². The Kier molecular flexibility index (Phi) is 3.84. The standard InChI is InChI=1S/C12H24N2O2/c1-11(2,3)16-10(15)13-12(7-6-8-12)9-14(4)5/h6-9H2,1-5H3,(H,13,15). The fraction of sp³-hybridized carbons (Fsp3) is 0.917. The molecule has 4 nitrogen and oxygen atoms in total. The van der Waals surface area contributed by atoms with Gasteiger partial charge in [0.1, 0.15) is 5.60 Å². The molecule has 0 bridgehead atoms. The van der Waals surface area contributed by atoms with Crippen LogP contribution in [0.3, 0.4) is 0 Å². The van der Waals surface area contributed by atoms with E-state index in [-0.39, 0.29) is 11.6 Å². The third kappa shape index (κ3) is 4.00. The summed E-state index contributed by atoms with van der Waals surface area (Å²) in [5.41, 5.74) is -0.487. The normalized spacial score (nSPS) is 19.1. The molecule has 1 amide bonds. The summed E-state index contributed by atoms with van der Waals surface area (Å²) in [6.07, 6.45) is 2.98. The highest BCUT2D eigenvalue weighted by molar-refractivity contribution is 5.69. The predicted molar refractivity (Wildman–Crippen MR) is 64.5 cm³/mol. The molecule has 0 aromatic heterocycles. The highest BCUT2D eigenvalue weighted by Crippen LogP contribution is 2.32. The number of hydrogen-bond acceptors (Lipinski definition) is 3. The van der Waals surface area contributed by atoms with Crippen LogP contribution in [0.1, 0.15) is 40.0 Å². The molecule has 0 atom stereocenters. The predicted octanol–water partition coefficient (Wildman–Crippen LogP) is 2.00. The van der Waals surface area contributed by atoms with Crippen molar-refractivity contribution in [2.75, 3.05) is 20.6 Å². The molecule has 0 aromatic carbocycles. The molecule has 4 heteroatoms. The van der Waals surface area contributed by atoms with E-state index in [2.05, 4.69) is 10.2 Å². The van der Waals surface area contributed by atoms with Gasteiger partial charge in [-0.05, 0) is 54.1 Å². The Morgan fingerprint density at radius 3 is 2.25 bits per heavy atom. The van der Waals surface area contributed by atoms with Crippen LogP contribution in [-0.2, 0) is 4.74 Å². The minimum Gasteiger partial charge on any atom is -0.444 e. The Labute approximate surface area is 98.3 Å². The highest BCUT2D eigenvalue weighted by Gasteiger charge is 2.39. The number of hydrogen-bond donors (Lipinski definition) is 1. The zero-order chi connectivity index (χ0) is 12.4. The lowest BCUT2D eigenvalue weighted by molar-refractivity contribution is 0.0344. The molecule has 0 aliphatic heterocycles. The fourth-order valence-electron chi connectivity index (χ4n) is 2.05. The number of nitrogens with one attached hydrogen (secondary N) is 1. The van der Waals surface area contributed by atoms with Crippen molar-refractivity contribution >= 4 is 6.09 Å². The van der Waals surface area contributed by atoms with Crippen molar-refractivity contribution in [2.24, 2.45) is 0 Å². The Hall–Kier alpha value is -0.770. The number of carbonyl (C=O) groups is 1. The van der Waals surface area contributed by atoms with Crippen LogP contribution < -0.4 is 5.32 Å². The highest BCUT2D eigenvalue weighted by atomic mass is 16.6. The van der Waals surface area contributed by atoms with E-state index in [0.717, 1.165) is 19.4 Å². The van der Waals surface area contributed by atoms with Gasteiger partial charge in [0.25, 0.3) is 0 Å². The van der Waals surface area contributed by atoms with E-state index in [1.165, 1.54) is 6.42 Å². The van der Waals surface area contributed by atoms with Gasteiger partial charge in [0, 0.05) is 6.54 Å². The molecule has 0 saturated heterocycles. The number of ether oxygens (including phenoxy) is 1. The van der Waals surface area contributed by atoms with Crippen LogP contribution in [0.15, 0.2) is 0 Å². The summed E-state index contributed by atoms with van der Waals surface area (Å²) in [6, 6.07) is 0. The molecular weight excluding hydrogens is 204 g/mol. The molecule has 94 valence electrons. The Bertz CT molecular complexity index is 252. The van der Waals surface area contributed by atoms with Crippen LogP contribution in [0, 0.1) is 0 Å². The molecule has 1 aliphatic rings. The van der Waals surface area contributed by atoms with Crippen LogP contribution in [0.5, 0.6) is 0 Å². The number of alkyl carbamates (subject to hydrolysis) is 1. The number of likely N-dealkylation sites (N-methyl/N-ethyl adjacent to an activating group) is 1. The van der Waals surface area contributed by atoms with Crippen molar-refractivity contribution in [3.63, 3.8) is 0 Å². The average molecular weight is 228 g/mol. The van der Waals surface area contributed by atoms with Crippen molar-refractivity contribution in [2.45, 2.75) is 51.2 Å². The topological polar surface area (TPSA) is 41.6 Å². The maximum absolute atomic E-state index is 11.7. The first-order chi connectivity index (χ1) is 7.22. The van der Waals surface area contributed by atoms with Gasteiger partial charge >= 0.3 is 6.09 Å². The quantitative estimate of drug-likeness (QED) is 0.803. The van der Waals surface area contributed by atoms with Gasteiger partial charge in [-0.3, -0.25) is 0 Å². The second-order valence-electron chi connectivity index (χ2n) is 6.00. The van der Waals surface area contributed by atoms with E-state index in [4.69, 9.17) is 4.74 Å². The Morgan fingerprint density at radius 2 is 1.94 bits per heavy atom. The lowest BCUT2D eigenvalue weighted by Gasteiger charge is -2.44. The van der Waals surface area contributed by atoms with Crippen LogP contribution >= 0.6 is 0 Å². The smallest absolute Gasteiger partial charge is 0.408 e. The SMILES string of the molecule is CN(C)CC1(NC(=O)OC(C)(C)C)CCC1. The van der Waals surface area contributed by atoms with Crippen molar-refractivity contribution in [3.05, 3.63) is 0 Å². The van der Waals surface area contributed by atoms with Crippen LogP contribution in [-0.4, -0.2) is 42.8 Å². The van der Waals surface area contributed by atoms with E-state index < -0.39 is 5.60 Å². The third-order valence-corrected chi connectivity index (χ3v) is 2.70. The van der Waals surface area contributed by atoms with Crippen molar-refractivity contribution < 1.29 is 9.53 Å². The van der Waals surface area contributed by atoms with Crippen LogP contribution in [0.25, 0.3) is 0 Å². The Morgan fingerprint density at radius 1 is 1.38 bits per heavy atom. The maximum Gasteiger partial charge on any atom is 0.408 e. The fourth-order valence-corrected chi connectivity index (χ4v) is 2.05. The summed E-state index contributed by atoms with van der Waals surface area (Å²) in [5.74, 6) is 0. The minimum atomic E-state index is -0.423. The first-order valence-electron chi connectivity index (χ1n) is 5.88. The molecular formula is C12H24N2O2. The van der Waals surface area contributed by atoms with Gasteiger partial charge in [0.2, 0.25) is 0 Å². The molecule has 16 heavy (non-hydrogen) atoms. The molecule has 0 unspecified atom stereocenters. The van der Waals surface area contributed by atoms with E-state index in [0.29, 0.717) is 0 Å². The molecule has 1 aliphatic carbocycles. The van der Waals surface area contributed by atoms with Gasteiger partial charge in [0.05, 0.1) is 5.54 Å². The molecule has 1 N–H and O–H groups in total. The van der Waals surface area contributed by atoms with Gasteiger partial charge in [-0.1, -0.05) is 0 Å². The lowest BCUT2D eigenvalue weighted by atomic mass is 9.76. The number of rotatable bonds is 3. The van der Waals surface area contributed by atoms with Crippen LogP contribution in [0.4, 0.5) is 4.79 Å². The molecule has 0 aromatic rings. The Balaban J connectivity index is 2.47. The monoisotopic (exact) mass is 228 g/mol. The maximum atomic E-state index is 11.7. The summed E-state index contributed by atoms with van der Waals surface area (Å²) >= 11 is 0. The van der Waals surface area contributed by atoms with Crippen molar-refractivity contribution in [1.29, 1.82) is 0 Å². The number of carbonyl (C=O) groups excluding carboxylic acids is 1. The van der Waals surface area contributed by atoms with Gasteiger partial charge in [0.15, 0.2) is 0 Å². The largest absolute Gasteiger partial charge is 0.444 e. The molecule has 0 heterocycles. The zero-order valence-corrected chi connectivity index (χ0v) is 11.1. The molecule has 0 spiro atoms. The summed E-state index contributed by atoms with van der Waals surface area (Å²) in [7, 11) is 4.05. The molecule has 0 radical (unpaired) electrons. The van der Waals surface area contributed by atoms with Gasteiger partial charge in [-0.15, -0.1) is 0 Å². The molecule has 1 rings (SSSR count). The average Bonchev–Trinajstić information content (AvgIpc) is 1.95. The number of nitrogens with zero attached hydrogens (tertiary/aromatic N) is 1. The first-order valence-corrected chi connectivity index (χ1v) is 5.88. The van der Waals surface area contributed by atoms with E-state index in [9.17, 15) is 4.79 Å². The zero-order valence-electron chi connectivity index (χ0n) is 11.1. The molecule has 1 fully saturated rings. The third-order valence-electron chi connectivity index (χ3n) is 2.70. The summed E-state index contributed by atoms with van der Waals surface area (Å²) in [4.78, 5) is 13.8. The summed E-state index contributed by atoms with van der Waals surface area (Å²) in [6.45, 7) is 6.52. The lowest BCUT2D eigenvalue weighted by Crippen LogP contribution is -2.59. The molecule has 1 saturated carbocycles. The van der Waals surface area contributed by atoms with E-state index in [1.54, 1.807) is 0 Å². The van der Waals surface area contributed by atoms with E-state index in [1.807, 2.05) is 34.9 Å². The summed E-state index contributed by atoms with van der Waals surface area (Å²) < 4.78 is 5.28. The van der Waals surface area contributed by atoms with E-state index >= 15 is 0 Å². The van der Waals surface area contributed by atoms with Crippen molar-refractivity contribution in [3.8, 4) is 0 Å². The summed E-state index contributed by atoms with van der Waals surface area (Å²) in [5, 5.41) is 3.01. The van der Waals surface area contributed by atoms with Crippen molar-refractivity contribution in [1.82, 2.24) is 10.2 Å².